The summed E-state index contributed by atoms with van der Waals surface area (Å²) in [5.41, 5.74) is 0. The van der Waals surface area contributed by atoms with Crippen molar-refractivity contribution in [3.8, 4) is 0 Å². The molecule has 7 heteroatoms. The number of likely N-dealkylation sites (tertiary alicyclic amines) is 1. The van der Waals surface area contributed by atoms with E-state index in [4.69, 9.17) is 0 Å². The van der Waals surface area contributed by atoms with Crippen LogP contribution in [0.1, 0.15) is 19.8 Å². The first-order valence-electron chi connectivity index (χ1n) is 5.85. The van der Waals surface area contributed by atoms with Gasteiger partial charge in [0.15, 0.2) is 0 Å². The molecule has 1 aromatic heterocycles. The normalized spacial score (nSPS) is 22.8. The van der Waals surface area contributed by atoms with Crippen LogP contribution in [0.4, 0.5) is 0 Å². The van der Waals surface area contributed by atoms with Crippen LogP contribution in [0.5, 0.6) is 0 Å². The third kappa shape index (κ3) is 3.05. The van der Waals surface area contributed by atoms with Crippen molar-refractivity contribution in [2.75, 3.05) is 19.6 Å². The van der Waals surface area contributed by atoms with E-state index in [1.165, 1.54) is 12.4 Å². The minimum Gasteiger partial charge on any atom is -0.302 e. The first-order chi connectivity index (χ1) is 8.12. The van der Waals surface area contributed by atoms with Gasteiger partial charge in [-0.05, 0) is 25.9 Å². The van der Waals surface area contributed by atoms with Gasteiger partial charge in [0.1, 0.15) is 4.90 Å². The van der Waals surface area contributed by atoms with Gasteiger partial charge in [0, 0.05) is 18.8 Å². The summed E-state index contributed by atoms with van der Waals surface area (Å²) >= 11 is 0. The Morgan fingerprint density at radius 2 is 2.47 bits per heavy atom. The number of aromatic amines is 1. The predicted octanol–water partition coefficient (Wildman–Crippen LogP) is 0.172. The van der Waals surface area contributed by atoms with E-state index in [0.29, 0.717) is 0 Å². The third-order valence-electron chi connectivity index (χ3n) is 3.06. The maximum absolute atomic E-state index is 12.0. The van der Waals surface area contributed by atoms with Gasteiger partial charge < -0.3 is 4.90 Å². The summed E-state index contributed by atoms with van der Waals surface area (Å²) in [6, 6.07) is 0.00333. The van der Waals surface area contributed by atoms with Gasteiger partial charge in [-0.25, -0.2) is 13.1 Å². The molecule has 2 N–H and O–H groups in total. The maximum Gasteiger partial charge on any atom is 0.243 e. The second-order valence-electron chi connectivity index (χ2n) is 4.29. The molecule has 1 aromatic rings. The fourth-order valence-corrected chi connectivity index (χ4v) is 3.28. The molecule has 96 valence electrons. The van der Waals surface area contributed by atoms with Crippen molar-refractivity contribution in [2.45, 2.75) is 30.7 Å². The third-order valence-corrected chi connectivity index (χ3v) is 4.55. The number of nitrogens with zero attached hydrogens (tertiary/aromatic N) is 2. The predicted molar refractivity (Wildman–Crippen MR) is 64.0 cm³/mol. The monoisotopic (exact) mass is 258 g/mol. The van der Waals surface area contributed by atoms with Gasteiger partial charge in [0.05, 0.1) is 6.20 Å². The Kier molecular flexibility index (Phi) is 3.80. The number of hydrogen-bond donors (Lipinski definition) is 2. The molecule has 0 aliphatic carbocycles. The van der Waals surface area contributed by atoms with Crippen molar-refractivity contribution in [2.24, 2.45) is 0 Å². The van der Waals surface area contributed by atoms with E-state index in [1.807, 2.05) is 0 Å². The summed E-state index contributed by atoms with van der Waals surface area (Å²) < 4.78 is 26.7. The lowest BCUT2D eigenvalue weighted by Crippen LogP contribution is -2.47. The summed E-state index contributed by atoms with van der Waals surface area (Å²) in [6.45, 7) is 4.89. The summed E-state index contributed by atoms with van der Waals surface area (Å²) in [4.78, 5) is 2.46. The Labute approximate surface area is 101 Å². The highest BCUT2D eigenvalue weighted by Gasteiger charge is 2.24. The van der Waals surface area contributed by atoms with Gasteiger partial charge in [0.2, 0.25) is 10.0 Å². The summed E-state index contributed by atoms with van der Waals surface area (Å²) in [7, 11) is -3.42. The number of sulfonamides is 1. The highest BCUT2D eigenvalue weighted by Crippen LogP contribution is 2.13. The molecule has 0 aromatic carbocycles. The van der Waals surface area contributed by atoms with Crippen molar-refractivity contribution < 1.29 is 8.42 Å². The van der Waals surface area contributed by atoms with Crippen molar-refractivity contribution in [1.82, 2.24) is 19.8 Å². The van der Waals surface area contributed by atoms with Crippen LogP contribution in [0.3, 0.4) is 0 Å². The van der Waals surface area contributed by atoms with E-state index in [0.717, 1.165) is 32.5 Å². The minimum absolute atomic E-state index is 0.00333. The summed E-state index contributed by atoms with van der Waals surface area (Å²) in [5.74, 6) is 0. The number of rotatable bonds is 4. The molecule has 2 heterocycles. The van der Waals surface area contributed by atoms with Crippen LogP contribution in [0, 0.1) is 0 Å². The Bertz CT molecular complexity index is 443. The molecule has 0 spiro atoms. The molecule has 0 radical (unpaired) electrons. The molecule has 1 aliphatic rings. The van der Waals surface area contributed by atoms with E-state index in [2.05, 4.69) is 26.7 Å². The smallest absolute Gasteiger partial charge is 0.243 e. The van der Waals surface area contributed by atoms with E-state index >= 15 is 0 Å². The molecule has 0 bridgehead atoms. The van der Waals surface area contributed by atoms with E-state index in [1.54, 1.807) is 0 Å². The van der Waals surface area contributed by atoms with Crippen LogP contribution in [0.2, 0.25) is 0 Å². The molecule has 0 unspecified atom stereocenters. The van der Waals surface area contributed by atoms with Crippen LogP contribution in [0.15, 0.2) is 17.3 Å². The first-order valence-corrected chi connectivity index (χ1v) is 7.33. The van der Waals surface area contributed by atoms with Crippen molar-refractivity contribution in [1.29, 1.82) is 0 Å². The number of likely N-dealkylation sites (N-methyl/N-ethyl adjacent to an activating group) is 1. The lowest BCUT2D eigenvalue weighted by atomic mass is 10.1. The topological polar surface area (TPSA) is 78.1 Å². The molecular weight excluding hydrogens is 240 g/mol. The van der Waals surface area contributed by atoms with Crippen LogP contribution in [-0.4, -0.2) is 49.2 Å². The average molecular weight is 258 g/mol. The van der Waals surface area contributed by atoms with Gasteiger partial charge in [-0.3, -0.25) is 5.10 Å². The number of aromatic nitrogens is 2. The van der Waals surface area contributed by atoms with Gasteiger partial charge >= 0.3 is 0 Å². The summed E-state index contributed by atoms with van der Waals surface area (Å²) in [6.07, 6.45) is 4.64. The lowest BCUT2D eigenvalue weighted by Gasteiger charge is -2.31. The molecule has 1 saturated heterocycles. The van der Waals surface area contributed by atoms with Gasteiger partial charge in [-0.15, -0.1) is 0 Å². The highest BCUT2D eigenvalue weighted by atomic mass is 32.2. The standard InChI is InChI=1S/C10H18N4O2S/c1-2-14-5-3-4-9(8-14)13-17(15,16)10-6-11-12-7-10/h6-7,9,13H,2-5,8H2,1H3,(H,11,12)/t9-/m0/s1. The van der Waals surface area contributed by atoms with Crippen LogP contribution in [-0.2, 0) is 10.0 Å². The van der Waals surface area contributed by atoms with Crippen LogP contribution < -0.4 is 4.72 Å². The van der Waals surface area contributed by atoms with E-state index < -0.39 is 10.0 Å². The molecular formula is C10H18N4O2S. The fourth-order valence-electron chi connectivity index (χ4n) is 2.11. The van der Waals surface area contributed by atoms with Gasteiger partial charge in [-0.2, -0.15) is 5.10 Å². The Morgan fingerprint density at radius 3 is 3.12 bits per heavy atom. The lowest BCUT2D eigenvalue weighted by molar-refractivity contribution is 0.211. The Balaban J connectivity index is 2.01. The van der Waals surface area contributed by atoms with Crippen LogP contribution >= 0.6 is 0 Å². The molecule has 6 nitrogen and oxygen atoms in total. The second kappa shape index (κ2) is 5.16. The quantitative estimate of drug-likeness (QED) is 0.807. The van der Waals surface area contributed by atoms with Crippen molar-refractivity contribution in [3.05, 3.63) is 12.4 Å². The number of hydrogen-bond acceptors (Lipinski definition) is 4. The number of piperidine rings is 1. The zero-order chi connectivity index (χ0) is 12.3. The van der Waals surface area contributed by atoms with Gasteiger partial charge in [-0.1, -0.05) is 6.92 Å². The molecule has 1 atom stereocenters. The van der Waals surface area contributed by atoms with Crippen molar-refractivity contribution >= 4 is 10.0 Å². The molecule has 1 fully saturated rings. The van der Waals surface area contributed by atoms with Crippen LogP contribution in [0.25, 0.3) is 0 Å². The second-order valence-corrected chi connectivity index (χ2v) is 6.00. The first kappa shape index (κ1) is 12.5. The number of nitrogens with one attached hydrogen (secondary N) is 2. The van der Waals surface area contributed by atoms with E-state index in [-0.39, 0.29) is 10.9 Å². The molecule has 1 aliphatic heterocycles. The Morgan fingerprint density at radius 1 is 1.65 bits per heavy atom. The molecule has 0 amide bonds. The van der Waals surface area contributed by atoms with E-state index in [9.17, 15) is 8.42 Å². The van der Waals surface area contributed by atoms with Crippen molar-refractivity contribution in [3.63, 3.8) is 0 Å². The largest absolute Gasteiger partial charge is 0.302 e. The van der Waals surface area contributed by atoms with Gasteiger partial charge in [0.25, 0.3) is 0 Å². The maximum atomic E-state index is 12.0. The molecule has 2 rings (SSSR count). The Hall–Kier alpha value is -0.920. The summed E-state index contributed by atoms with van der Waals surface area (Å²) in [5, 5.41) is 6.17. The number of H-pyrrole nitrogens is 1. The fraction of sp³-hybridized carbons (Fsp3) is 0.700. The minimum atomic E-state index is -3.42. The zero-order valence-electron chi connectivity index (χ0n) is 9.89. The zero-order valence-corrected chi connectivity index (χ0v) is 10.7. The average Bonchev–Trinajstić information content (AvgIpc) is 2.83. The SMILES string of the molecule is CCN1CCC[C@H](NS(=O)(=O)c2cn[nH]c2)C1. The molecule has 0 saturated carbocycles. The highest BCUT2D eigenvalue weighted by molar-refractivity contribution is 7.89. The molecule has 17 heavy (non-hydrogen) atoms.